The van der Waals surface area contributed by atoms with Crippen LogP contribution in [0.15, 0.2) is 0 Å². The molecule has 0 amide bonds. The van der Waals surface area contributed by atoms with E-state index < -0.39 is 23.2 Å². The van der Waals surface area contributed by atoms with E-state index in [0.29, 0.717) is 30.6 Å². The fraction of sp³-hybridized carbons (Fsp3) is 0.632. The minimum atomic E-state index is -0.544. The zero-order valence-corrected chi connectivity index (χ0v) is 15.0. The third kappa shape index (κ3) is 4.79. The number of carbonyl (C=O) groups is 1. The van der Waals surface area contributed by atoms with Gasteiger partial charge in [0.2, 0.25) is 5.75 Å². The molecule has 1 rings (SSSR count). The lowest BCUT2D eigenvalue weighted by Gasteiger charge is -2.18. The van der Waals surface area contributed by atoms with Gasteiger partial charge >= 0.3 is 5.97 Å². The van der Waals surface area contributed by atoms with Gasteiger partial charge in [-0.25, -0.2) is 4.79 Å². The van der Waals surface area contributed by atoms with Crippen LogP contribution in [0.3, 0.4) is 0 Å². The van der Waals surface area contributed by atoms with Crippen molar-refractivity contribution in [1.29, 1.82) is 0 Å². The Labute approximate surface area is 144 Å². The maximum atomic E-state index is 12.6. The molecule has 0 aromatic heterocycles. The van der Waals surface area contributed by atoms with Crippen molar-refractivity contribution in [3.05, 3.63) is 16.7 Å². The number of hydrogen-bond donors (Lipinski definition) is 3. The van der Waals surface area contributed by atoms with E-state index >= 15 is 0 Å². The summed E-state index contributed by atoms with van der Waals surface area (Å²) in [7, 11) is 0. The van der Waals surface area contributed by atoms with Gasteiger partial charge in [0, 0.05) is 11.1 Å². The van der Waals surface area contributed by atoms with Crippen LogP contribution in [0.5, 0.6) is 17.2 Å². The minimum Gasteiger partial charge on any atom is -0.504 e. The number of phenolic OH excluding ortho intramolecular Hbond substituents is 3. The van der Waals surface area contributed by atoms with Crippen molar-refractivity contribution in [3.63, 3.8) is 0 Å². The predicted molar refractivity (Wildman–Crippen MR) is 93.9 cm³/mol. The second kappa shape index (κ2) is 10.1. The van der Waals surface area contributed by atoms with Crippen LogP contribution in [0.4, 0.5) is 0 Å². The average molecular weight is 338 g/mol. The first kappa shape index (κ1) is 20.1. The topological polar surface area (TPSA) is 87.0 Å². The van der Waals surface area contributed by atoms with Crippen LogP contribution in [0.2, 0.25) is 0 Å². The van der Waals surface area contributed by atoms with Gasteiger partial charge in [0.1, 0.15) is 0 Å². The highest BCUT2D eigenvalue weighted by atomic mass is 16.5. The Morgan fingerprint density at radius 3 is 1.67 bits per heavy atom. The molecular formula is C19H30O5. The largest absolute Gasteiger partial charge is 0.504 e. The van der Waals surface area contributed by atoms with Crippen LogP contribution < -0.4 is 0 Å². The quantitative estimate of drug-likeness (QED) is 0.333. The van der Waals surface area contributed by atoms with Gasteiger partial charge in [-0.15, -0.1) is 0 Å². The third-order valence-electron chi connectivity index (χ3n) is 4.12. The van der Waals surface area contributed by atoms with E-state index in [1.165, 1.54) is 0 Å². The van der Waals surface area contributed by atoms with Crippen molar-refractivity contribution in [1.82, 2.24) is 0 Å². The van der Waals surface area contributed by atoms with Crippen LogP contribution in [0, 0.1) is 0 Å². The molecule has 0 aliphatic heterocycles. The molecular weight excluding hydrogens is 308 g/mol. The average Bonchev–Trinajstić information content (AvgIpc) is 2.58. The zero-order valence-electron chi connectivity index (χ0n) is 15.0. The molecule has 1 aromatic rings. The fourth-order valence-corrected chi connectivity index (χ4v) is 2.64. The first-order valence-corrected chi connectivity index (χ1v) is 8.95. The van der Waals surface area contributed by atoms with Crippen molar-refractivity contribution in [2.45, 2.75) is 72.1 Å². The second-order valence-corrected chi connectivity index (χ2v) is 6.07. The lowest BCUT2D eigenvalue weighted by molar-refractivity contribution is 0.0495. The molecule has 5 heteroatoms. The molecule has 0 spiro atoms. The van der Waals surface area contributed by atoms with Gasteiger partial charge in [-0.05, 0) is 32.1 Å². The Morgan fingerprint density at radius 1 is 0.792 bits per heavy atom. The standard InChI is InChI=1S/C19H30O5/c1-4-7-10-13-15(19(23)24-12-9-6-3)14(11-8-5-2)17(21)18(22)16(13)20/h20-22H,4-12H2,1-3H3. The Hall–Kier alpha value is -1.91. The number of phenols is 3. The summed E-state index contributed by atoms with van der Waals surface area (Å²) in [5.74, 6) is -1.91. The molecule has 0 saturated heterocycles. The summed E-state index contributed by atoms with van der Waals surface area (Å²) in [5.41, 5.74) is 0.973. The summed E-state index contributed by atoms with van der Waals surface area (Å²) < 4.78 is 5.32. The predicted octanol–water partition coefficient (Wildman–Crippen LogP) is 4.45. The highest BCUT2D eigenvalue weighted by Crippen LogP contribution is 2.44. The van der Waals surface area contributed by atoms with Gasteiger partial charge in [0.15, 0.2) is 11.5 Å². The van der Waals surface area contributed by atoms with Crippen LogP contribution >= 0.6 is 0 Å². The number of hydrogen-bond acceptors (Lipinski definition) is 5. The van der Waals surface area contributed by atoms with E-state index in [-0.39, 0.29) is 5.56 Å². The second-order valence-electron chi connectivity index (χ2n) is 6.07. The highest BCUT2D eigenvalue weighted by Gasteiger charge is 2.27. The third-order valence-corrected chi connectivity index (χ3v) is 4.12. The fourth-order valence-electron chi connectivity index (χ4n) is 2.64. The lowest BCUT2D eigenvalue weighted by atomic mass is 9.91. The molecule has 0 aliphatic carbocycles. The molecule has 0 fully saturated rings. The Balaban J connectivity index is 3.37. The highest BCUT2D eigenvalue weighted by molar-refractivity contribution is 5.95. The van der Waals surface area contributed by atoms with Gasteiger partial charge in [-0.1, -0.05) is 40.0 Å². The summed E-state index contributed by atoms with van der Waals surface area (Å²) in [5, 5.41) is 30.5. The van der Waals surface area contributed by atoms with E-state index in [4.69, 9.17) is 4.74 Å². The van der Waals surface area contributed by atoms with Gasteiger partial charge in [-0.2, -0.15) is 0 Å². The molecule has 136 valence electrons. The molecule has 0 heterocycles. The molecule has 1 aromatic carbocycles. The van der Waals surface area contributed by atoms with Crippen LogP contribution in [-0.2, 0) is 17.6 Å². The number of unbranched alkanes of at least 4 members (excludes halogenated alkanes) is 3. The molecule has 3 N–H and O–H groups in total. The van der Waals surface area contributed by atoms with Gasteiger partial charge in [0.25, 0.3) is 0 Å². The van der Waals surface area contributed by atoms with Crippen molar-refractivity contribution in [3.8, 4) is 17.2 Å². The van der Waals surface area contributed by atoms with E-state index in [1.54, 1.807) is 0 Å². The Bertz CT molecular complexity index is 516. The van der Waals surface area contributed by atoms with Crippen molar-refractivity contribution < 1.29 is 24.9 Å². The number of aromatic hydroxyl groups is 3. The molecule has 0 unspecified atom stereocenters. The normalized spacial score (nSPS) is 10.8. The maximum Gasteiger partial charge on any atom is 0.338 e. The summed E-state index contributed by atoms with van der Waals surface area (Å²) >= 11 is 0. The first-order valence-electron chi connectivity index (χ1n) is 8.95. The molecule has 0 aliphatic rings. The van der Waals surface area contributed by atoms with Crippen LogP contribution in [-0.4, -0.2) is 27.9 Å². The monoisotopic (exact) mass is 338 g/mol. The number of benzene rings is 1. The summed E-state index contributed by atoms with van der Waals surface area (Å²) in [6, 6.07) is 0. The lowest BCUT2D eigenvalue weighted by Crippen LogP contribution is -2.13. The van der Waals surface area contributed by atoms with E-state index in [9.17, 15) is 20.1 Å². The molecule has 0 atom stereocenters. The minimum absolute atomic E-state index is 0.223. The molecule has 0 saturated carbocycles. The first-order chi connectivity index (χ1) is 11.5. The number of ether oxygens (including phenoxy) is 1. The Morgan fingerprint density at radius 2 is 1.25 bits per heavy atom. The number of carbonyl (C=O) groups excluding carboxylic acids is 1. The van der Waals surface area contributed by atoms with E-state index in [2.05, 4.69) is 0 Å². The summed E-state index contributed by atoms with van der Waals surface area (Å²) in [6.07, 6.45) is 5.87. The Kier molecular flexibility index (Phi) is 8.44. The zero-order chi connectivity index (χ0) is 18.1. The number of esters is 1. The van der Waals surface area contributed by atoms with Gasteiger partial charge in [-0.3, -0.25) is 0 Å². The van der Waals surface area contributed by atoms with Crippen molar-refractivity contribution in [2.75, 3.05) is 6.61 Å². The van der Waals surface area contributed by atoms with Crippen molar-refractivity contribution in [2.24, 2.45) is 0 Å². The van der Waals surface area contributed by atoms with Gasteiger partial charge < -0.3 is 20.1 Å². The van der Waals surface area contributed by atoms with Crippen LogP contribution in [0.1, 0.15) is 80.8 Å². The maximum absolute atomic E-state index is 12.6. The number of rotatable bonds is 10. The molecule has 0 radical (unpaired) electrons. The summed E-state index contributed by atoms with van der Waals surface area (Å²) in [6.45, 7) is 6.33. The van der Waals surface area contributed by atoms with Crippen molar-refractivity contribution >= 4 is 5.97 Å². The summed E-state index contributed by atoms with van der Waals surface area (Å²) in [4.78, 5) is 12.6. The molecule has 24 heavy (non-hydrogen) atoms. The smallest absolute Gasteiger partial charge is 0.338 e. The van der Waals surface area contributed by atoms with E-state index in [0.717, 1.165) is 38.5 Å². The SMILES string of the molecule is CCCCOC(=O)c1c(CCCC)c(O)c(O)c(O)c1CCCC. The molecule has 5 nitrogen and oxygen atoms in total. The molecule has 0 bridgehead atoms. The van der Waals surface area contributed by atoms with Gasteiger partial charge in [0.05, 0.1) is 12.2 Å². The van der Waals surface area contributed by atoms with Crippen LogP contribution in [0.25, 0.3) is 0 Å². The van der Waals surface area contributed by atoms with E-state index in [1.807, 2.05) is 20.8 Å².